The van der Waals surface area contributed by atoms with E-state index in [2.05, 4.69) is 17.1 Å². The van der Waals surface area contributed by atoms with Gasteiger partial charge in [0.25, 0.3) is 0 Å². The Bertz CT molecular complexity index is 554. The van der Waals surface area contributed by atoms with Gasteiger partial charge in [-0.25, -0.2) is 0 Å². The molecule has 0 unspecified atom stereocenters. The highest BCUT2D eigenvalue weighted by atomic mass is 32.3. The predicted octanol–water partition coefficient (Wildman–Crippen LogP) is 0.974. The van der Waals surface area contributed by atoms with Crippen LogP contribution in [-0.2, 0) is 16.9 Å². The molecule has 16 heavy (non-hydrogen) atoms. The minimum atomic E-state index is -4.67. The Morgan fingerprint density at radius 2 is 1.81 bits per heavy atom. The number of para-hydroxylation sites is 1. The third kappa shape index (κ3) is 3.99. The van der Waals surface area contributed by atoms with Crippen LogP contribution in [0, 0.1) is 0 Å². The molecule has 0 fully saturated rings. The van der Waals surface area contributed by atoms with Crippen molar-refractivity contribution in [3.63, 3.8) is 0 Å². The minimum Gasteiger partial charge on any atom is -0.361 e. The Balaban J connectivity index is 0.000000221. The van der Waals surface area contributed by atoms with Gasteiger partial charge in [-0.3, -0.25) is 9.11 Å². The number of fused-ring (bicyclic) bond motifs is 1. The van der Waals surface area contributed by atoms with Crippen molar-refractivity contribution >= 4 is 21.3 Å². The van der Waals surface area contributed by atoms with Crippen molar-refractivity contribution in [3.8, 4) is 0 Å². The van der Waals surface area contributed by atoms with Crippen molar-refractivity contribution in [2.24, 2.45) is 5.73 Å². The molecule has 0 spiro atoms. The van der Waals surface area contributed by atoms with Crippen LogP contribution in [-0.4, -0.2) is 22.5 Å². The van der Waals surface area contributed by atoms with Gasteiger partial charge in [0.1, 0.15) is 0 Å². The first-order valence-corrected chi connectivity index (χ1v) is 5.76. The molecule has 2 rings (SSSR count). The maximum atomic E-state index is 8.74. The molecule has 0 radical (unpaired) electrons. The quantitative estimate of drug-likeness (QED) is 0.558. The number of hydrogen-bond donors (Lipinski definition) is 4. The van der Waals surface area contributed by atoms with Crippen LogP contribution in [0.3, 0.4) is 0 Å². The monoisotopic (exact) mass is 244 g/mol. The van der Waals surface area contributed by atoms with Crippen LogP contribution < -0.4 is 5.73 Å². The van der Waals surface area contributed by atoms with E-state index in [1.165, 1.54) is 10.9 Å². The molecule has 0 aliphatic rings. The number of nitrogens with two attached hydrogens (primary N) is 1. The lowest BCUT2D eigenvalue weighted by molar-refractivity contribution is 0.381. The van der Waals surface area contributed by atoms with E-state index in [1.807, 2.05) is 18.3 Å². The number of hydrogen-bond acceptors (Lipinski definition) is 3. The minimum absolute atomic E-state index is 0.601. The zero-order valence-corrected chi connectivity index (χ0v) is 9.11. The molecular weight excluding hydrogens is 232 g/mol. The fourth-order valence-corrected chi connectivity index (χ4v) is 1.30. The van der Waals surface area contributed by atoms with Gasteiger partial charge in [-0.1, -0.05) is 18.2 Å². The van der Waals surface area contributed by atoms with Gasteiger partial charge >= 0.3 is 10.4 Å². The van der Waals surface area contributed by atoms with Crippen molar-refractivity contribution in [1.82, 2.24) is 4.98 Å². The Kier molecular flexibility index (Phi) is 4.02. The molecule has 1 aromatic heterocycles. The normalized spacial score (nSPS) is 10.9. The summed E-state index contributed by atoms with van der Waals surface area (Å²) >= 11 is 0. The maximum Gasteiger partial charge on any atom is 0.394 e. The van der Waals surface area contributed by atoms with E-state index in [4.69, 9.17) is 23.3 Å². The van der Waals surface area contributed by atoms with Gasteiger partial charge in [0.15, 0.2) is 0 Å². The zero-order valence-electron chi connectivity index (χ0n) is 8.29. The van der Waals surface area contributed by atoms with Crippen molar-refractivity contribution < 1.29 is 17.5 Å². The van der Waals surface area contributed by atoms with Gasteiger partial charge in [-0.15, -0.1) is 0 Å². The van der Waals surface area contributed by atoms with Gasteiger partial charge in [0.2, 0.25) is 0 Å². The summed E-state index contributed by atoms with van der Waals surface area (Å²) in [5.74, 6) is 0. The van der Waals surface area contributed by atoms with Gasteiger partial charge in [0, 0.05) is 23.6 Å². The van der Waals surface area contributed by atoms with Crippen LogP contribution in [0.2, 0.25) is 0 Å². The first-order valence-electron chi connectivity index (χ1n) is 4.36. The SMILES string of the molecule is NCc1c[nH]c2ccccc12.O=S(=O)(O)O. The second-order valence-corrected chi connectivity index (χ2v) is 3.91. The Morgan fingerprint density at radius 1 is 1.25 bits per heavy atom. The topological polar surface area (TPSA) is 116 Å². The van der Waals surface area contributed by atoms with Crippen molar-refractivity contribution in [2.45, 2.75) is 6.54 Å². The molecule has 0 atom stereocenters. The number of benzene rings is 1. The molecule has 0 saturated carbocycles. The molecule has 7 heteroatoms. The molecule has 0 saturated heterocycles. The van der Waals surface area contributed by atoms with E-state index in [0.29, 0.717) is 6.54 Å². The molecule has 5 N–H and O–H groups in total. The van der Waals surface area contributed by atoms with Crippen molar-refractivity contribution in [1.29, 1.82) is 0 Å². The fourth-order valence-electron chi connectivity index (χ4n) is 1.30. The van der Waals surface area contributed by atoms with Crippen LogP contribution in [0.1, 0.15) is 5.56 Å². The van der Waals surface area contributed by atoms with Crippen LogP contribution in [0.25, 0.3) is 10.9 Å². The summed E-state index contributed by atoms with van der Waals surface area (Å²) in [4.78, 5) is 3.16. The average molecular weight is 244 g/mol. The van der Waals surface area contributed by atoms with Gasteiger partial charge in [-0.05, 0) is 11.6 Å². The van der Waals surface area contributed by atoms with E-state index in [1.54, 1.807) is 0 Å². The highest BCUT2D eigenvalue weighted by Crippen LogP contribution is 2.16. The van der Waals surface area contributed by atoms with Gasteiger partial charge in [0.05, 0.1) is 0 Å². The molecule has 1 heterocycles. The molecule has 6 nitrogen and oxygen atoms in total. The fraction of sp³-hybridized carbons (Fsp3) is 0.111. The molecule has 0 amide bonds. The van der Waals surface area contributed by atoms with E-state index < -0.39 is 10.4 Å². The predicted molar refractivity (Wildman–Crippen MR) is 60.4 cm³/mol. The first-order chi connectivity index (χ1) is 7.42. The molecule has 0 aliphatic heterocycles. The summed E-state index contributed by atoms with van der Waals surface area (Å²) in [5, 5.41) is 1.23. The maximum absolute atomic E-state index is 8.74. The lowest BCUT2D eigenvalue weighted by atomic mass is 10.2. The van der Waals surface area contributed by atoms with Crippen LogP contribution in [0.4, 0.5) is 0 Å². The number of rotatable bonds is 1. The second-order valence-electron chi connectivity index (χ2n) is 3.01. The number of aromatic nitrogens is 1. The average Bonchev–Trinajstić information content (AvgIpc) is 2.58. The second kappa shape index (κ2) is 5.08. The van der Waals surface area contributed by atoms with E-state index in [9.17, 15) is 0 Å². The lowest BCUT2D eigenvalue weighted by Gasteiger charge is -1.90. The number of nitrogens with one attached hydrogen (secondary N) is 1. The smallest absolute Gasteiger partial charge is 0.361 e. The molecule has 0 aliphatic carbocycles. The van der Waals surface area contributed by atoms with E-state index >= 15 is 0 Å². The standard InChI is InChI=1S/C9H10N2.H2O4S/c10-5-7-6-11-9-4-2-1-3-8(7)9;1-5(2,3)4/h1-4,6,11H,5,10H2;(H2,1,2,3,4). The number of H-pyrrole nitrogens is 1. The Hall–Kier alpha value is -1.41. The summed E-state index contributed by atoms with van der Waals surface area (Å²) in [6.07, 6.45) is 1.96. The van der Waals surface area contributed by atoms with E-state index in [0.717, 1.165) is 5.52 Å². The summed E-state index contributed by atoms with van der Waals surface area (Å²) in [6.45, 7) is 0.601. The van der Waals surface area contributed by atoms with Crippen LogP contribution in [0.15, 0.2) is 30.5 Å². The molecule has 1 aromatic carbocycles. The lowest BCUT2D eigenvalue weighted by Crippen LogP contribution is -1.93. The third-order valence-electron chi connectivity index (χ3n) is 1.89. The Morgan fingerprint density at radius 3 is 2.38 bits per heavy atom. The summed E-state index contributed by atoms with van der Waals surface area (Å²) in [7, 11) is -4.67. The Labute approximate surface area is 92.7 Å². The molecule has 88 valence electrons. The summed E-state index contributed by atoms with van der Waals surface area (Å²) < 4.78 is 31.6. The largest absolute Gasteiger partial charge is 0.394 e. The van der Waals surface area contributed by atoms with E-state index in [-0.39, 0.29) is 0 Å². The number of aromatic amines is 1. The molecule has 2 aromatic rings. The molecule has 0 bridgehead atoms. The van der Waals surface area contributed by atoms with Crippen LogP contribution >= 0.6 is 0 Å². The zero-order chi connectivity index (χ0) is 12.2. The molecular formula is C9H12N2O4S. The van der Waals surface area contributed by atoms with Gasteiger partial charge in [-0.2, -0.15) is 8.42 Å². The third-order valence-corrected chi connectivity index (χ3v) is 1.89. The summed E-state index contributed by atoms with van der Waals surface area (Å²) in [5.41, 5.74) is 7.88. The highest BCUT2D eigenvalue weighted by Gasteiger charge is 1.98. The van der Waals surface area contributed by atoms with Gasteiger partial charge < -0.3 is 10.7 Å². The van der Waals surface area contributed by atoms with Crippen LogP contribution in [0.5, 0.6) is 0 Å². The summed E-state index contributed by atoms with van der Waals surface area (Å²) in [6, 6.07) is 8.16. The van der Waals surface area contributed by atoms with Crippen molar-refractivity contribution in [3.05, 3.63) is 36.0 Å². The highest BCUT2D eigenvalue weighted by molar-refractivity contribution is 7.79. The van der Waals surface area contributed by atoms with Crippen molar-refractivity contribution in [2.75, 3.05) is 0 Å². The first kappa shape index (κ1) is 12.7.